The van der Waals surface area contributed by atoms with Crippen molar-refractivity contribution in [1.82, 2.24) is 9.38 Å². The molecule has 0 aliphatic rings. The zero-order chi connectivity index (χ0) is 16.5. The molecular weight excluding hydrogens is 286 g/mol. The van der Waals surface area contributed by atoms with Gasteiger partial charge in [-0.1, -0.05) is 0 Å². The maximum Gasteiger partial charge on any atom is 0.412 e. The van der Waals surface area contributed by atoms with Crippen LogP contribution >= 0.6 is 0 Å². The molecule has 22 heavy (non-hydrogen) atoms. The third kappa shape index (κ3) is 3.36. The van der Waals surface area contributed by atoms with Gasteiger partial charge in [-0.05, 0) is 39.8 Å². The standard InChI is InChI=1S/C15H19N3O4/c1-9-12(13(19)21-5)17-11-7-6-10(8-18(9)11)16-14(20)22-15(2,3)4/h6-8H,1-5H3,(H,16,20). The van der Waals surface area contributed by atoms with Gasteiger partial charge in [-0.3, -0.25) is 5.32 Å². The van der Waals surface area contributed by atoms with Gasteiger partial charge in [0.1, 0.15) is 11.2 Å². The Hall–Kier alpha value is -2.57. The first-order valence-electron chi connectivity index (χ1n) is 6.78. The molecule has 2 heterocycles. The second-order valence-corrected chi connectivity index (χ2v) is 5.81. The first kappa shape index (κ1) is 15.8. The Bertz CT molecular complexity index is 728. The Balaban J connectivity index is 2.29. The number of ether oxygens (including phenoxy) is 2. The zero-order valence-electron chi connectivity index (χ0n) is 13.3. The van der Waals surface area contributed by atoms with Crippen molar-refractivity contribution in [3.05, 3.63) is 29.7 Å². The van der Waals surface area contributed by atoms with Gasteiger partial charge in [0.05, 0.1) is 18.5 Å². The van der Waals surface area contributed by atoms with E-state index in [9.17, 15) is 9.59 Å². The lowest BCUT2D eigenvalue weighted by Crippen LogP contribution is -2.27. The maximum atomic E-state index is 11.8. The van der Waals surface area contributed by atoms with Crippen LogP contribution in [0.1, 0.15) is 37.0 Å². The minimum absolute atomic E-state index is 0.247. The van der Waals surface area contributed by atoms with Crippen LogP contribution in [0.15, 0.2) is 18.3 Å². The number of carbonyl (C=O) groups is 2. The number of nitrogens with zero attached hydrogens (tertiary/aromatic N) is 2. The summed E-state index contributed by atoms with van der Waals surface area (Å²) in [7, 11) is 1.31. The number of amides is 1. The van der Waals surface area contributed by atoms with Crippen molar-refractivity contribution in [2.24, 2.45) is 0 Å². The average molecular weight is 305 g/mol. The smallest absolute Gasteiger partial charge is 0.412 e. The van der Waals surface area contributed by atoms with Crippen LogP contribution in [0, 0.1) is 6.92 Å². The lowest BCUT2D eigenvalue weighted by Gasteiger charge is -2.19. The van der Waals surface area contributed by atoms with Gasteiger partial charge >= 0.3 is 12.1 Å². The van der Waals surface area contributed by atoms with Crippen molar-refractivity contribution in [2.75, 3.05) is 12.4 Å². The molecule has 0 bridgehead atoms. The monoisotopic (exact) mass is 305 g/mol. The molecule has 0 radical (unpaired) electrons. The molecule has 0 spiro atoms. The molecule has 0 atom stereocenters. The van der Waals surface area contributed by atoms with Gasteiger partial charge < -0.3 is 13.9 Å². The fraction of sp³-hybridized carbons (Fsp3) is 0.400. The Kier molecular flexibility index (Phi) is 4.07. The van der Waals surface area contributed by atoms with Crippen molar-refractivity contribution in [1.29, 1.82) is 0 Å². The van der Waals surface area contributed by atoms with E-state index in [0.717, 1.165) is 0 Å². The minimum Gasteiger partial charge on any atom is -0.464 e. The Morgan fingerprint density at radius 1 is 1.27 bits per heavy atom. The van der Waals surface area contributed by atoms with Crippen molar-refractivity contribution >= 4 is 23.4 Å². The van der Waals surface area contributed by atoms with E-state index in [4.69, 9.17) is 9.47 Å². The van der Waals surface area contributed by atoms with Crippen LogP contribution in [0.2, 0.25) is 0 Å². The summed E-state index contributed by atoms with van der Waals surface area (Å²) in [6, 6.07) is 3.39. The molecule has 2 aromatic rings. The van der Waals surface area contributed by atoms with Crippen molar-refractivity contribution in [3.63, 3.8) is 0 Å². The molecule has 2 aromatic heterocycles. The molecule has 0 aromatic carbocycles. The number of nitrogens with one attached hydrogen (secondary N) is 1. The fourth-order valence-electron chi connectivity index (χ4n) is 1.95. The quantitative estimate of drug-likeness (QED) is 0.863. The van der Waals surface area contributed by atoms with Gasteiger partial charge in [0.15, 0.2) is 5.69 Å². The van der Waals surface area contributed by atoms with Crippen LogP contribution in [0.25, 0.3) is 5.65 Å². The first-order valence-corrected chi connectivity index (χ1v) is 6.78. The molecule has 7 heteroatoms. The largest absolute Gasteiger partial charge is 0.464 e. The molecule has 0 aliphatic carbocycles. The highest BCUT2D eigenvalue weighted by Gasteiger charge is 2.18. The van der Waals surface area contributed by atoms with E-state index >= 15 is 0 Å². The summed E-state index contributed by atoms with van der Waals surface area (Å²) < 4.78 is 11.6. The number of anilines is 1. The third-order valence-electron chi connectivity index (χ3n) is 2.88. The Labute approximate surface area is 128 Å². The highest BCUT2D eigenvalue weighted by molar-refractivity contribution is 5.90. The molecule has 0 saturated carbocycles. The Morgan fingerprint density at radius 3 is 2.55 bits per heavy atom. The summed E-state index contributed by atoms with van der Waals surface area (Å²) in [6.45, 7) is 7.12. The van der Waals surface area contributed by atoms with Crippen LogP contribution in [0.3, 0.4) is 0 Å². The molecule has 1 amide bonds. The van der Waals surface area contributed by atoms with Gasteiger partial charge in [-0.15, -0.1) is 0 Å². The van der Waals surface area contributed by atoms with Gasteiger partial charge in [-0.25, -0.2) is 14.6 Å². The second-order valence-electron chi connectivity index (χ2n) is 5.81. The lowest BCUT2D eigenvalue weighted by atomic mass is 10.2. The summed E-state index contributed by atoms with van der Waals surface area (Å²) in [5.41, 5.74) is 1.44. The number of aryl methyl sites for hydroxylation is 1. The summed E-state index contributed by atoms with van der Waals surface area (Å²) in [4.78, 5) is 27.6. The average Bonchev–Trinajstić information content (AvgIpc) is 2.73. The van der Waals surface area contributed by atoms with Crippen molar-refractivity contribution < 1.29 is 19.1 Å². The molecule has 7 nitrogen and oxygen atoms in total. The van der Waals surface area contributed by atoms with Crippen molar-refractivity contribution in [3.8, 4) is 0 Å². The third-order valence-corrected chi connectivity index (χ3v) is 2.88. The predicted molar refractivity (Wildman–Crippen MR) is 81.1 cm³/mol. The topological polar surface area (TPSA) is 81.9 Å². The molecule has 0 unspecified atom stereocenters. The zero-order valence-corrected chi connectivity index (χ0v) is 13.3. The van der Waals surface area contributed by atoms with Gasteiger partial charge in [0.2, 0.25) is 0 Å². The van der Waals surface area contributed by atoms with Gasteiger partial charge in [0, 0.05) is 6.20 Å². The van der Waals surface area contributed by atoms with E-state index < -0.39 is 17.7 Å². The van der Waals surface area contributed by atoms with Crippen LogP contribution in [-0.4, -0.2) is 34.2 Å². The highest BCUT2D eigenvalue weighted by atomic mass is 16.6. The van der Waals surface area contributed by atoms with Gasteiger partial charge in [-0.2, -0.15) is 0 Å². The Morgan fingerprint density at radius 2 is 1.95 bits per heavy atom. The summed E-state index contributed by atoms with van der Waals surface area (Å²) >= 11 is 0. The van der Waals surface area contributed by atoms with E-state index in [1.54, 1.807) is 50.4 Å². The molecule has 0 saturated heterocycles. The molecule has 1 N–H and O–H groups in total. The number of methoxy groups -OCH3 is 1. The van der Waals surface area contributed by atoms with Crippen molar-refractivity contribution in [2.45, 2.75) is 33.3 Å². The minimum atomic E-state index is -0.572. The molecule has 118 valence electrons. The van der Waals surface area contributed by atoms with Crippen LogP contribution in [0.5, 0.6) is 0 Å². The number of fused-ring (bicyclic) bond motifs is 1. The molecule has 0 aliphatic heterocycles. The molecule has 0 fully saturated rings. The number of pyridine rings is 1. The van der Waals surface area contributed by atoms with Gasteiger partial charge in [0.25, 0.3) is 0 Å². The molecular formula is C15H19N3O4. The van der Waals surface area contributed by atoms with E-state index in [0.29, 0.717) is 17.0 Å². The molecule has 2 rings (SSSR count). The first-order chi connectivity index (χ1) is 10.2. The normalized spacial score (nSPS) is 11.3. The SMILES string of the molecule is COC(=O)c1nc2ccc(NC(=O)OC(C)(C)C)cn2c1C. The fourth-order valence-corrected chi connectivity index (χ4v) is 1.95. The van der Waals surface area contributed by atoms with E-state index in [-0.39, 0.29) is 5.69 Å². The number of rotatable bonds is 2. The number of hydrogen-bond donors (Lipinski definition) is 1. The number of imidazole rings is 1. The van der Waals surface area contributed by atoms with Crippen LogP contribution in [0.4, 0.5) is 10.5 Å². The van der Waals surface area contributed by atoms with E-state index in [2.05, 4.69) is 10.3 Å². The number of esters is 1. The lowest BCUT2D eigenvalue weighted by molar-refractivity contribution is 0.0591. The van der Waals surface area contributed by atoms with E-state index in [1.807, 2.05) is 0 Å². The second kappa shape index (κ2) is 5.67. The number of carbonyl (C=O) groups excluding carboxylic acids is 2. The van der Waals surface area contributed by atoms with Crippen LogP contribution < -0.4 is 5.32 Å². The maximum absolute atomic E-state index is 11.8. The summed E-state index contributed by atoms with van der Waals surface area (Å²) in [5, 5.41) is 2.64. The highest BCUT2D eigenvalue weighted by Crippen LogP contribution is 2.17. The predicted octanol–water partition coefficient (Wildman–Crippen LogP) is 2.78. The summed E-state index contributed by atoms with van der Waals surface area (Å²) in [5.74, 6) is -0.497. The summed E-state index contributed by atoms with van der Waals surface area (Å²) in [6.07, 6.45) is 1.13. The number of aromatic nitrogens is 2. The van der Waals surface area contributed by atoms with Crippen LogP contribution in [-0.2, 0) is 9.47 Å². The number of hydrogen-bond acceptors (Lipinski definition) is 5. The van der Waals surface area contributed by atoms with E-state index in [1.165, 1.54) is 7.11 Å².